The van der Waals surface area contributed by atoms with E-state index in [2.05, 4.69) is 90.1 Å². The van der Waals surface area contributed by atoms with Gasteiger partial charge in [0, 0.05) is 0 Å². The van der Waals surface area contributed by atoms with E-state index in [0.29, 0.717) is 0 Å². The number of hydrogen-bond acceptors (Lipinski definition) is 0. The third-order valence-electron chi connectivity index (χ3n) is 6.80. The molecule has 0 spiro atoms. The molecule has 0 saturated heterocycles. The van der Waals surface area contributed by atoms with E-state index in [-0.39, 0.29) is 48.0 Å². The van der Waals surface area contributed by atoms with Crippen LogP contribution in [0.25, 0.3) is 11.1 Å². The zero-order valence-corrected chi connectivity index (χ0v) is 22.8. The molecule has 0 aromatic heterocycles. The van der Waals surface area contributed by atoms with Crippen molar-refractivity contribution in [3.63, 3.8) is 0 Å². The third-order valence-corrected chi connectivity index (χ3v) is 6.80. The average Bonchev–Trinajstić information content (AvgIpc) is 2.72. The molecule has 0 bridgehead atoms. The van der Waals surface area contributed by atoms with Gasteiger partial charge in [0.05, 0.1) is 39.3 Å². The molecule has 0 atom stereocenters. The molecule has 2 rings (SSSR count). The first-order valence-corrected chi connectivity index (χ1v) is 10.5. The smallest absolute Gasteiger partial charge is 0.132 e. The highest BCUT2D eigenvalue weighted by Gasteiger charge is 2.25. The normalized spacial score (nSPS) is 11.5. The maximum Gasteiger partial charge on any atom is 0.132 e. The van der Waals surface area contributed by atoms with E-state index in [1.54, 1.807) is 0 Å². The van der Waals surface area contributed by atoms with Gasteiger partial charge in [-0.15, -0.1) is 0 Å². The van der Waals surface area contributed by atoms with Gasteiger partial charge in [0.1, 0.15) is 11.4 Å². The SMILES string of the molecule is CC[N+](CC)(CC)c1ccc(-c2ccc([N+](CC)(CC)CC)cc2)cc1.[I-].[I-]. The lowest BCUT2D eigenvalue weighted by Gasteiger charge is -2.35. The standard InChI is InChI=1S/C24H38N2.2HI/c1-7-25(8-2,9-3)23-17-13-21(14-18-23)22-15-19-24(20-16-22)26(10-4,11-5)12-6;;/h13-20H,7-12H2,1-6H3;2*1H/q+2;;/p-2. The number of halogens is 2. The summed E-state index contributed by atoms with van der Waals surface area (Å²) >= 11 is 0. The molecule has 0 saturated carbocycles. The minimum Gasteiger partial charge on any atom is -1.00 e. The van der Waals surface area contributed by atoms with E-state index in [0.717, 1.165) is 48.2 Å². The molecule has 0 aliphatic rings. The van der Waals surface area contributed by atoms with E-state index < -0.39 is 0 Å². The van der Waals surface area contributed by atoms with Crippen molar-refractivity contribution in [2.24, 2.45) is 0 Å². The van der Waals surface area contributed by atoms with Crippen LogP contribution in [0.15, 0.2) is 48.5 Å². The van der Waals surface area contributed by atoms with Crippen LogP contribution in [0.5, 0.6) is 0 Å². The lowest BCUT2D eigenvalue weighted by molar-refractivity contribution is -0.00100. The van der Waals surface area contributed by atoms with E-state index in [1.807, 2.05) is 0 Å². The fraction of sp³-hybridized carbons (Fsp3) is 0.500. The van der Waals surface area contributed by atoms with Crippen LogP contribution in [0.2, 0.25) is 0 Å². The summed E-state index contributed by atoms with van der Waals surface area (Å²) in [6, 6.07) is 18.5. The average molecular weight is 608 g/mol. The molecule has 0 N–H and O–H groups in total. The Morgan fingerprint density at radius 2 is 0.643 bits per heavy atom. The van der Waals surface area contributed by atoms with Gasteiger partial charge in [-0.2, -0.15) is 0 Å². The minimum absolute atomic E-state index is 0. The molecule has 0 unspecified atom stereocenters. The molecule has 28 heavy (non-hydrogen) atoms. The fourth-order valence-corrected chi connectivity index (χ4v) is 4.38. The second-order valence-electron chi connectivity index (χ2n) is 7.28. The first-order valence-electron chi connectivity index (χ1n) is 10.5. The molecule has 0 amide bonds. The van der Waals surface area contributed by atoms with Gasteiger partial charge < -0.3 is 48.0 Å². The van der Waals surface area contributed by atoms with Crippen LogP contribution in [0.1, 0.15) is 41.5 Å². The molecule has 0 heterocycles. The van der Waals surface area contributed by atoms with Crippen molar-refractivity contribution >= 4 is 11.4 Å². The highest BCUT2D eigenvalue weighted by Crippen LogP contribution is 2.30. The summed E-state index contributed by atoms with van der Waals surface area (Å²) in [5.74, 6) is 0. The predicted octanol–water partition coefficient (Wildman–Crippen LogP) is 0.0956. The van der Waals surface area contributed by atoms with Gasteiger partial charge in [-0.3, -0.25) is 8.97 Å². The Labute approximate surface area is 207 Å². The van der Waals surface area contributed by atoms with Gasteiger partial charge in [-0.1, -0.05) is 0 Å². The van der Waals surface area contributed by atoms with Crippen molar-refractivity contribution in [3.05, 3.63) is 48.5 Å². The Hall–Kier alpha value is -0.180. The molecule has 0 radical (unpaired) electrons. The largest absolute Gasteiger partial charge is 1.00 e. The summed E-state index contributed by atoms with van der Waals surface area (Å²) in [5, 5.41) is 0. The number of benzene rings is 2. The zero-order chi connectivity index (χ0) is 19.2. The number of rotatable bonds is 9. The second kappa shape index (κ2) is 12.5. The molecule has 2 aromatic carbocycles. The van der Waals surface area contributed by atoms with Crippen molar-refractivity contribution in [1.29, 1.82) is 0 Å². The molecule has 0 aliphatic carbocycles. The summed E-state index contributed by atoms with van der Waals surface area (Å²) in [5.41, 5.74) is 5.47. The molecule has 2 nitrogen and oxygen atoms in total. The van der Waals surface area contributed by atoms with E-state index in [1.165, 1.54) is 22.5 Å². The Morgan fingerprint density at radius 3 is 0.821 bits per heavy atom. The van der Waals surface area contributed by atoms with E-state index in [9.17, 15) is 0 Å². The number of hydrogen-bond donors (Lipinski definition) is 0. The number of quaternary nitrogens is 2. The monoisotopic (exact) mass is 608 g/mol. The summed E-state index contributed by atoms with van der Waals surface area (Å²) < 4.78 is 2.12. The van der Waals surface area contributed by atoms with Crippen LogP contribution < -0.4 is 56.9 Å². The van der Waals surface area contributed by atoms with Gasteiger partial charge in [-0.25, -0.2) is 0 Å². The van der Waals surface area contributed by atoms with Crippen LogP contribution in [0, 0.1) is 0 Å². The van der Waals surface area contributed by atoms with Crippen LogP contribution in [-0.2, 0) is 0 Å². The number of nitrogens with zero attached hydrogens (tertiary/aromatic N) is 2. The van der Waals surface area contributed by atoms with Gasteiger partial charge >= 0.3 is 0 Å². The highest BCUT2D eigenvalue weighted by atomic mass is 127. The lowest BCUT2D eigenvalue weighted by Crippen LogP contribution is -3.00. The minimum atomic E-state index is 0. The van der Waals surface area contributed by atoms with E-state index >= 15 is 0 Å². The Bertz CT molecular complexity index is 595. The van der Waals surface area contributed by atoms with Gasteiger partial charge in [0.25, 0.3) is 0 Å². The fourth-order valence-electron chi connectivity index (χ4n) is 4.38. The Kier molecular flexibility index (Phi) is 12.4. The topological polar surface area (TPSA) is 0 Å². The molecular weight excluding hydrogens is 570 g/mol. The van der Waals surface area contributed by atoms with Crippen molar-refractivity contribution in [2.75, 3.05) is 39.3 Å². The molecule has 4 heteroatoms. The predicted molar refractivity (Wildman–Crippen MR) is 119 cm³/mol. The van der Waals surface area contributed by atoms with Crippen molar-refractivity contribution in [2.45, 2.75) is 41.5 Å². The van der Waals surface area contributed by atoms with Crippen LogP contribution in [0.3, 0.4) is 0 Å². The van der Waals surface area contributed by atoms with Crippen molar-refractivity contribution < 1.29 is 48.0 Å². The van der Waals surface area contributed by atoms with Crippen molar-refractivity contribution in [1.82, 2.24) is 8.97 Å². The maximum atomic E-state index is 2.32. The molecule has 0 fully saturated rings. The van der Waals surface area contributed by atoms with Crippen LogP contribution in [0.4, 0.5) is 11.4 Å². The van der Waals surface area contributed by atoms with Gasteiger partial charge in [0.2, 0.25) is 0 Å². The Balaban J connectivity index is 0.00000364. The van der Waals surface area contributed by atoms with Crippen LogP contribution in [-0.4, -0.2) is 39.3 Å². The van der Waals surface area contributed by atoms with Crippen LogP contribution >= 0.6 is 0 Å². The zero-order valence-electron chi connectivity index (χ0n) is 18.5. The molecular formula is C24H38I2N2. The van der Waals surface area contributed by atoms with E-state index in [4.69, 9.17) is 0 Å². The van der Waals surface area contributed by atoms with Gasteiger partial charge in [0.15, 0.2) is 0 Å². The molecule has 2 aromatic rings. The second-order valence-corrected chi connectivity index (χ2v) is 7.28. The quantitative estimate of drug-likeness (QED) is 0.280. The molecule has 0 aliphatic heterocycles. The summed E-state index contributed by atoms with van der Waals surface area (Å²) in [4.78, 5) is 0. The molecule has 158 valence electrons. The van der Waals surface area contributed by atoms with Gasteiger partial charge in [-0.05, 0) is 101 Å². The first kappa shape index (κ1) is 27.8. The third kappa shape index (κ3) is 5.49. The lowest BCUT2D eigenvalue weighted by atomic mass is 10.0. The highest BCUT2D eigenvalue weighted by molar-refractivity contribution is 5.68. The van der Waals surface area contributed by atoms with Crippen molar-refractivity contribution in [3.8, 4) is 11.1 Å². The first-order chi connectivity index (χ1) is 12.5. The maximum absolute atomic E-state index is 2.32. The Morgan fingerprint density at radius 1 is 0.429 bits per heavy atom. The summed E-state index contributed by atoms with van der Waals surface area (Å²) in [7, 11) is 0. The summed E-state index contributed by atoms with van der Waals surface area (Å²) in [6.07, 6.45) is 0. The summed E-state index contributed by atoms with van der Waals surface area (Å²) in [6.45, 7) is 20.6.